The average molecular weight is 721 g/mol. The highest BCUT2D eigenvalue weighted by atomic mass is 35.5. The van der Waals surface area contributed by atoms with Gasteiger partial charge in [-0.25, -0.2) is 17.8 Å². The number of aromatic nitrogens is 3. The zero-order valence-corrected chi connectivity index (χ0v) is 30.8. The van der Waals surface area contributed by atoms with E-state index in [9.17, 15) is 18.1 Å². The van der Waals surface area contributed by atoms with Gasteiger partial charge in [-0.1, -0.05) is 24.6 Å². The second-order valence-corrected chi connectivity index (χ2v) is 17.3. The number of halogens is 2. The Bertz CT molecular complexity index is 2050. The van der Waals surface area contributed by atoms with Crippen LogP contribution in [0.1, 0.15) is 49.9 Å². The molecule has 13 heteroatoms. The number of imidazole rings is 1. The highest BCUT2D eigenvalue weighted by molar-refractivity contribution is 7.92. The zero-order chi connectivity index (χ0) is 35.3. The van der Waals surface area contributed by atoms with E-state index in [4.69, 9.17) is 11.6 Å². The van der Waals surface area contributed by atoms with E-state index in [0.29, 0.717) is 53.6 Å². The van der Waals surface area contributed by atoms with E-state index in [-0.39, 0.29) is 17.0 Å². The standard InChI is InChI=1S/C37H46ClFN8O2S/c1-5-50(48,49)30-11-14-44(15-12-30)24(2)19-47-29(18-40)17-31-25(3)26(6-9-34(31)47)20-45-13-10-27-21-46(22-35(27)45)37-36(41-23-43(37)4)42-33-8-7-28(38)16-32(33)39/h6-9,16-17,23-24,27,30,35,42H,5,10-15,19-22H2,1-4H3. The molecule has 0 saturated carbocycles. The molecule has 0 radical (unpaired) electrons. The van der Waals surface area contributed by atoms with Crippen LogP contribution in [0.15, 0.2) is 42.7 Å². The topological polar surface area (TPSA) is 102 Å². The van der Waals surface area contributed by atoms with Gasteiger partial charge in [0.05, 0.1) is 17.3 Å². The fourth-order valence-corrected chi connectivity index (χ4v) is 10.1. The number of anilines is 3. The molecule has 50 heavy (non-hydrogen) atoms. The van der Waals surface area contributed by atoms with E-state index in [1.165, 1.54) is 17.2 Å². The average Bonchev–Trinajstić information content (AvgIpc) is 3.87. The number of piperidine rings is 1. The number of nitriles is 1. The predicted molar refractivity (Wildman–Crippen MR) is 197 cm³/mol. The molecule has 3 fully saturated rings. The van der Waals surface area contributed by atoms with Crippen molar-refractivity contribution in [2.45, 2.75) is 70.5 Å². The predicted octanol–water partition coefficient (Wildman–Crippen LogP) is 6.09. The van der Waals surface area contributed by atoms with Crippen LogP contribution in [0.3, 0.4) is 0 Å². The zero-order valence-electron chi connectivity index (χ0n) is 29.2. The molecule has 0 aliphatic carbocycles. The van der Waals surface area contributed by atoms with Crippen LogP contribution in [-0.4, -0.2) is 88.1 Å². The van der Waals surface area contributed by atoms with Crippen molar-refractivity contribution < 1.29 is 12.8 Å². The summed E-state index contributed by atoms with van der Waals surface area (Å²) in [5, 5.41) is 14.5. The molecule has 10 nitrogen and oxygen atoms in total. The molecule has 3 saturated heterocycles. The number of sulfone groups is 1. The van der Waals surface area contributed by atoms with E-state index in [0.717, 1.165) is 62.4 Å². The lowest BCUT2D eigenvalue weighted by atomic mass is 10.0. The van der Waals surface area contributed by atoms with Gasteiger partial charge >= 0.3 is 0 Å². The minimum absolute atomic E-state index is 0.176. The van der Waals surface area contributed by atoms with E-state index >= 15 is 0 Å². The maximum atomic E-state index is 14.6. The lowest BCUT2D eigenvalue weighted by molar-refractivity contribution is 0.161. The Hall–Kier alpha value is -3.63. The molecule has 3 unspecified atom stereocenters. The van der Waals surface area contributed by atoms with Gasteiger partial charge in [0.2, 0.25) is 0 Å². The molecule has 0 bridgehead atoms. The maximum Gasteiger partial charge on any atom is 0.173 e. The maximum absolute atomic E-state index is 14.6. The number of nitrogens with zero attached hydrogens (tertiary/aromatic N) is 7. The van der Waals surface area contributed by atoms with Gasteiger partial charge in [-0.05, 0) is 100 Å². The number of aryl methyl sites for hydroxylation is 2. The first-order valence-corrected chi connectivity index (χ1v) is 19.8. The summed E-state index contributed by atoms with van der Waals surface area (Å²) in [6, 6.07) is 14.0. The van der Waals surface area contributed by atoms with Crippen molar-refractivity contribution in [1.29, 1.82) is 5.26 Å². The summed E-state index contributed by atoms with van der Waals surface area (Å²) < 4.78 is 43.6. The molecule has 0 amide bonds. The Balaban J connectivity index is 1.04. The van der Waals surface area contributed by atoms with E-state index < -0.39 is 15.7 Å². The normalized spacial score (nSPS) is 21.2. The number of hydrogen-bond donors (Lipinski definition) is 1. The number of rotatable bonds is 10. The van der Waals surface area contributed by atoms with Gasteiger partial charge in [-0.2, -0.15) is 5.26 Å². The molecule has 0 spiro atoms. The largest absolute Gasteiger partial charge is 0.353 e. The number of fused-ring (bicyclic) bond motifs is 2. The summed E-state index contributed by atoms with van der Waals surface area (Å²) in [6.45, 7) is 11.9. The van der Waals surface area contributed by atoms with Gasteiger partial charge in [-0.3, -0.25) is 9.80 Å². The highest BCUT2D eigenvalue weighted by Crippen LogP contribution is 2.39. The molecular weight excluding hydrogens is 675 g/mol. The molecule has 3 atom stereocenters. The third-order valence-corrected chi connectivity index (χ3v) is 14.0. The Morgan fingerprint density at radius 1 is 1.12 bits per heavy atom. The Kier molecular flexibility index (Phi) is 9.62. The van der Waals surface area contributed by atoms with Gasteiger partial charge in [0.25, 0.3) is 0 Å². The van der Waals surface area contributed by atoms with Crippen molar-refractivity contribution in [3.05, 3.63) is 70.4 Å². The molecule has 7 rings (SSSR count). The molecule has 3 aliphatic heterocycles. The highest BCUT2D eigenvalue weighted by Gasteiger charge is 2.42. The van der Waals surface area contributed by atoms with Gasteiger partial charge in [0, 0.05) is 67.0 Å². The van der Waals surface area contributed by atoms with Crippen molar-refractivity contribution in [1.82, 2.24) is 23.9 Å². The first-order chi connectivity index (χ1) is 24.0. The van der Waals surface area contributed by atoms with Crippen molar-refractivity contribution >= 4 is 49.7 Å². The van der Waals surface area contributed by atoms with E-state index in [1.807, 2.05) is 17.7 Å². The van der Waals surface area contributed by atoms with Crippen LogP contribution in [0.2, 0.25) is 5.02 Å². The monoisotopic (exact) mass is 720 g/mol. The lowest BCUT2D eigenvalue weighted by Gasteiger charge is -2.36. The van der Waals surface area contributed by atoms with Gasteiger partial charge < -0.3 is 19.4 Å². The Morgan fingerprint density at radius 3 is 2.62 bits per heavy atom. The SMILES string of the molecule is CCS(=O)(=O)C1CCN(C(C)Cn2c(C#N)cc3c(C)c(CN4CCC5CN(c6c(Nc7ccc(Cl)cc7F)ncn6C)CC54)ccc32)CC1. The molecule has 5 heterocycles. The smallest absolute Gasteiger partial charge is 0.173 e. The van der Waals surface area contributed by atoms with Crippen LogP contribution in [0.5, 0.6) is 0 Å². The Labute approximate surface area is 299 Å². The fourth-order valence-electron chi connectivity index (χ4n) is 8.51. The Morgan fingerprint density at radius 2 is 1.90 bits per heavy atom. The molecule has 1 N–H and O–H groups in total. The summed E-state index contributed by atoms with van der Waals surface area (Å²) in [7, 11) is -1.04. The molecule has 2 aromatic heterocycles. The van der Waals surface area contributed by atoms with Crippen molar-refractivity contribution in [3.8, 4) is 6.07 Å². The van der Waals surface area contributed by atoms with Gasteiger partial charge in [0.15, 0.2) is 21.5 Å². The second kappa shape index (κ2) is 13.8. The molecule has 2 aromatic carbocycles. The number of nitrogens with one attached hydrogen (secondary N) is 1. The third-order valence-electron chi connectivity index (χ3n) is 11.5. The van der Waals surface area contributed by atoms with Crippen LogP contribution in [-0.2, 0) is 30.0 Å². The molecular formula is C37H46ClFN8O2S. The van der Waals surface area contributed by atoms with Crippen LogP contribution in [0.4, 0.5) is 21.7 Å². The van der Waals surface area contributed by atoms with Crippen molar-refractivity contribution in [3.63, 3.8) is 0 Å². The summed E-state index contributed by atoms with van der Waals surface area (Å²) >= 11 is 5.97. The van der Waals surface area contributed by atoms with Crippen LogP contribution >= 0.6 is 11.6 Å². The van der Waals surface area contributed by atoms with Crippen LogP contribution in [0, 0.1) is 30.0 Å². The van der Waals surface area contributed by atoms with E-state index in [2.05, 4.69) is 61.6 Å². The van der Waals surface area contributed by atoms with Crippen LogP contribution < -0.4 is 10.2 Å². The third kappa shape index (κ3) is 6.49. The summed E-state index contributed by atoms with van der Waals surface area (Å²) in [5.74, 6) is 1.88. The summed E-state index contributed by atoms with van der Waals surface area (Å²) in [5.41, 5.74) is 4.54. The summed E-state index contributed by atoms with van der Waals surface area (Å²) in [6.07, 6.45) is 4.21. The van der Waals surface area contributed by atoms with E-state index in [1.54, 1.807) is 25.4 Å². The van der Waals surface area contributed by atoms with Gasteiger partial charge in [-0.15, -0.1) is 0 Å². The fraction of sp³-hybridized carbons (Fsp3) is 0.514. The second-order valence-electron chi connectivity index (χ2n) is 14.3. The number of likely N-dealkylation sites (tertiary alicyclic amines) is 2. The van der Waals surface area contributed by atoms with Gasteiger partial charge in [0.1, 0.15) is 17.6 Å². The quantitative estimate of drug-likeness (QED) is 0.210. The van der Waals surface area contributed by atoms with Crippen LogP contribution in [0.25, 0.3) is 10.9 Å². The van der Waals surface area contributed by atoms with Crippen molar-refractivity contribution in [2.24, 2.45) is 13.0 Å². The lowest BCUT2D eigenvalue weighted by Crippen LogP contribution is -2.45. The minimum atomic E-state index is -3.01. The number of hydrogen-bond acceptors (Lipinski definition) is 8. The first-order valence-electron chi connectivity index (χ1n) is 17.7. The summed E-state index contributed by atoms with van der Waals surface area (Å²) in [4.78, 5) is 11.9. The molecule has 4 aromatic rings. The molecule has 3 aliphatic rings. The molecule has 266 valence electrons. The first kappa shape index (κ1) is 34.8. The minimum Gasteiger partial charge on any atom is -0.353 e. The van der Waals surface area contributed by atoms with Crippen molar-refractivity contribution in [2.75, 3.05) is 48.7 Å². The number of benzene rings is 2.